The van der Waals surface area contributed by atoms with Crippen molar-refractivity contribution in [3.63, 3.8) is 0 Å². The van der Waals surface area contributed by atoms with Crippen LogP contribution in [0.5, 0.6) is 0 Å². The lowest BCUT2D eigenvalue weighted by atomic mass is 9.95. The van der Waals surface area contributed by atoms with E-state index in [0.29, 0.717) is 24.6 Å². The first-order valence-corrected chi connectivity index (χ1v) is 13.9. The number of carbonyl (C=O) groups is 4. The lowest BCUT2D eigenvalue weighted by molar-refractivity contribution is -0.193. The number of rotatable bonds is 4. The number of piperidine rings is 1. The Bertz CT molecular complexity index is 1490. The van der Waals surface area contributed by atoms with E-state index in [4.69, 9.17) is 19.8 Å². The van der Waals surface area contributed by atoms with Gasteiger partial charge in [0.2, 0.25) is 5.91 Å². The lowest BCUT2D eigenvalue weighted by Gasteiger charge is -2.36. The molecule has 0 atom stereocenters. The molecule has 5 rings (SSSR count). The molecule has 2 N–H and O–H groups in total. The third kappa shape index (κ3) is 10.7. The van der Waals surface area contributed by atoms with Gasteiger partial charge in [-0.25, -0.2) is 9.59 Å². The highest BCUT2D eigenvalue weighted by Gasteiger charge is 2.39. The van der Waals surface area contributed by atoms with Crippen LogP contribution in [0.4, 0.5) is 37.7 Å². The summed E-state index contributed by atoms with van der Waals surface area (Å²) in [6.45, 7) is 3.10. The number of anilines is 2. The van der Waals surface area contributed by atoms with Crippen molar-refractivity contribution < 1.29 is 55.7 Å². The largest absolute Gasteiger partial charge is 0.490 e. The summed E-state index contributed by atoms with van der Waals surface area (Å²) in [4.78, 5) is 58.3. The molecule has 1 saturated heterocycles. The van der Waals surface area contributed by atoms with Gasteiger partial charge in [0.15, 0.2) is 0 Å². The number of carboxylic acids is 2. The number of carboxylic acid groups (broad SMARTS) is 2. The minimum atomic E-state index is -5.08. The highest BCUT2D eigenvalue weighted by molar-refractivity contribution is 6.01. The quantitative estimate of drug-likeness (QED) is 0.380. The molecule has 0 aliphatic carbocycles. The molecule has 4 heterocycles. The third-order valence-electron chi connectivity index (χ3n) is 7.05. The molecule has 17 heteroatoms. The monoisotopic (exact) mass is 669 g/mol. The lowest BCUT2D eigenvalue weighted by Crippen LogP contribution is -2.44. The van der Waals surface area contributed by atoms with Gasteiger partial charge in [0.05, 0.1) is 0 Å². The molecule has 2 aliphatic heterocycles. The number of carbonyl (C=O) groups excluding carboxylic acids is 2. The molecule has 11 nitrogen and oxygen atoms in total. The standard InChI is InChI=1S/C26H27N5O2.2C2HF3O2/c32-25-19-30(26(33)21-5-11-27-12-6-21)18-22-3-1-2-4-24(22)31(25)17-20-9-15-29(16-10-20)23-7-13-28-14-8-23;2*3-2(4,5)1(6)7/h1-8,11-14,20H,9-10,15-19H2;2*(H,6,7). The molecule has 47 heavy (non-hydrogen) atoms. The fraction of sp³-hybridized carbons (Fsp3) is 0.333. The van der Waals surface area contributed by atoms with Gasteiger partial charge in [-0.3, -0.25) is 19.6 Å². The van der Waals surface area contributed by atoms with Crippen molar-refractivity contribution in [2.24, 2.45) is 5.92 Å². The van der Waals surface area contributed by atoms with Crippen molar-refractivity contribution in [1.82, 2.24) is 14.9 Å². The zero-order valence-corrected chi connectivity index (χ0v) is 24.5. The molecule has 2 amide bonds. The van der Waals surface area contributed by atoms with Gasteiger partial charge in [0.25, 0.3) is 5.91 Å². The first-order valence-electron chi connectivity index (χ1n) is 13.9. The average molecular weight is 670 g/mol. The number of halogens is 6. The normalized spacial score (nSPS) is 15.3. The van der Waals surface area contributed by atoms with E-state index in [1.54, 1.807) is 29.4 Å². The molecule has 0 saturated carbocycles. The Kier molecular flexibility index (Phi) is 12.2. The maximum absolute atomic E-state index is 13.4. The molecular formula is C30H29F6N5O6. The first kappa shape index (κ1) is 36.3. The summed E-state index contributed by atoms with van der Waals surface area (Å²) in [7, 11) is 0. The van der Waals surface area contributed by atoms with Crippen LogP contribution in [-0.4, -0.2) is 87.4 Å². The highest BCUT2D eigenvalue weighted by Crippen LogP contribution is 2.30. The van der Waals surface area contributed by atoms with Gasteiger partial charge >= 0.3 is 24.3 Å². The van der Waals surface area contributed by atoms with Gasteiger partial charge in [-0.05, 0) is 54.7 Å². The van der Waals surface area contributed by atoms with Crippen LogP contribution in [-0.2, 0) is 20.9 Å². The van der Waals surface area contributed by atoms with Crippen molar-refractivity contribution in [2.75, 3.05) is 36.0 Å². The molecule has 1 aromatic carbocycles. The van der Waals surface area contributed by atoms with Gasteiger partial charge < -0.3 is 24.9 Å². The molecule has 0 spiro atoms. The number of benzene rings is 1. The van der Waals surface area contributed by atoms with Crippen LogP contribution < -0.4 is 9.80 Å². The topological polar surface area (TPSA) is 144 Å². The Morgan fingerprint density at radius 2 is 1.26 bits per heavy atom. The minimum Gasteiger partial charge on any atom is -0.475 e. The fourth-order valence-electron chi connectivity index (χ4n) is 4.76. The summed E-state index contributed by atoms with van der Waals surface area (Å²) in [5, 5.41) is 14.2. The molecule has 0 radical (unpaired) electrons. The second-order valence-electron chi connectivity index (χ2n) is 10.3. The molecule has 252 valence electrons. The number of amides is 2. The van der Waals surface area contributed by atoms with Crippen molar-refractivity contribution in [3.05, 3.63) is 84.4 Å². The van der Waals surface area contributed by atoms with Crippen molar-refractivity contribution in [1.29, 1.82) is 0 Å². The van der Waals surface area contributed by atoms with E-state index in [1.165, 1.54) is 5.69 Å². The zero-order chi connectivity index (χ0) is 34.8. The maximum Gasteiger partial charge on any atom is 0.490 e. The SMILES string of the molecule is O=C(O)C(F)(F)F.O=C(O)C(F)(F)F.O=C(c1ccncc1)N1CC(=O)N(CC2CCN(c3ccncc3)CC2)c2ccccc2C1. The summed E-state index contributed by atoms with van der Waals surface area (Å²) >= 11 is 0. The maximum atomic E-state index is 13.4. The van der Waals surface area contributed by atoms with E-state index in [1.807, 2.05) is 53.7 Å². The Labute approximate surface area is 264 Å². The number of nitrogens with zero attached hydrogens (tertiary/aromatic N) is 5. The van der Waals surface area contributed by atoms with Gasteiger partial charge in [-0.2, -0.15) is 26.3 Å². The van der Waals surface area contributed by atoms with Gasteiger partial charge in [-0.1, -0.05) is 18.2 Å². The average Bonchev–Trinajstić information content (AvgIpc) is 3.17. The van der Waals surface area contributed by atoms with Gasteiger partial charge in [-0.15, -0.1) is 0 Å². The predicted octanol–water partition coefficient (Wildman–Crippen LogP) is 4.65. The number of aromatic nitrogens is 2. The number of pyridine rings is 2. The zero-order valence-electron chi connectivity index (χ0n) is 24.5. The Morgan fingerprint density at radius 1 is 0.766 bits per heavy atom. The van der Waals surface area contributed by atoms with Crippen LogP contribution in [0, 0.1) is 5.92 Å². The van der Waals surface area contributed by atoms with E-state index < -0.39 is 24.3 Å². The van der Waals surface area contributed by atoms with Crippen LogP contribution in [0.2, 0.25) is 0 Å². The van der Waals surface area contributed by atoms with E-state index >= 15 is 0 Å². The smallest absolute Gasteiger partial charge is 0.475 e. The van der Waals surface area contributed by atoms with Crippen LogP contribution in [0.25, 0.3) is 0 Å². The van der Waals surface area contributed by atoms with Gasteiger partial charge in [0, 0.05) is 67.9 Å². The van der Waals surface area contributed by atoms with E-state index in [9.17, 15) is 35.9 Å². The second kappa shape index (κ2) is 15.9. The van der Waals surface area contributed by atoms with Crippen LogP contribution in [0.1, 0.15) is 28.8 Å². The second-order valence-corrected chi connectivity index (χ2v) is 10.3. The van der Waals surface area contributed by atoms with Crippen molar-refractivity contribution >= 4 is 35.1 Å². The van der Waals surface area contributed by atoms with Crippen LogP contribution >= 0.6 is 0 Å². The van der Waals surface area contributed by atoms with Crippen LogP contribution in [0.15, 0.2) is 73.3 Å². The predicted molar refractivity (Wildman–Crippen MR) is 154 cm³/mol. The van der Waals surface area contributed by atoms with Gasteiger partial charge in [0.1, 0.15) is 6.54 Å². The number of fused-ring (bicyclic) bond motifs is 1. The summed E-state index contributed by atoms with van der Waals surface area (Å²) < 4.78 is 63.5. The number of hydrogen-bond acceptors (Lipinski definition) is 7. The van der Waals surface area contributed by atoms with Crippen molar-refractivity contribution in [2.45, 2.75) is 31.7 Å². The van der Waals surface area contributed by atoms with Crippen molar-refractivity contribution in [3.8, 4) is 0 Å². The number of aliphatic carboxylic acids is 2. The highest BCUT2D eigenvalue weighted by atomic mass is 19.4. The summed E-state index contributed by atoms with van der Waals surface area (Å²) in [5.74, 6) is -5.27. The molecule has 1 fully saturated rings. The number of para-hydroxylation sites is 1. The summed E-state index contributed by atoms with van der Waals surface area (Å²) in [6.07, 6.45) is -1.26. The minimum absolute atomic E-state index is 0.0288. The molecule has 0 bridgehead atoms. The molecule has 2 aliphatic rings. The third-order valence-corrected chi connectivity index (χ3v) is 7.05. The Balaban J connectivity index is 0.000000360. The van der Waals surface area contributed by atoms with E-state index in [-0.39, 0.29) is 18.4 Å². The van der Waals surface area contributed by atoms with Crippen LogP contribution in [0.3, 0.4) is 0 Å². The fourth-order valence-corrected chi connectivity index (χ4v) is 4.76. The Hall–Kier alpha value is -5.22. The summed E-state index contributed by atoms with van der Waals surface area (Å²) in [6, 6.07) is 15.4. The Morgan fingerprint density at radius 3 is 1.77 bits per heavy atom. The summed E-state index contributed by atoms with van der Waals surface area (Å²) in [5.41, 5.74) is 3.67. The number of hydrogen-bond donors (Lipinski definition) is 2. The first-order chi connectivity index (χ1) is 22.1. The number of alkyl halides is 6. The molecule has 3 aromatic rings. The van der Waals surface area contributed by atoms with E-state index in [0.717, 1.165) is 37.2 Å². The van der Waals surface area contributed by atoms with E-state index in [2.05, 4.69) is 14.9 Å². The molecule has 0 unspecified atom stereocenters. The molecular weight excluding hydrogens is 640 g/mol. The molecule has 2 aromatic heterocycles.